The molecule has 0 atom stereocenters. The van der Waals surface area contributed by atoms with E-state index in [1.165, 1.54) is 54.9 Å². The predicted molar refractivity (Wildman–Crippen MR) is 216 cm³/mol. The quantitative estimate of drug-likeness (QED) is 0.149. The Morgan fingerprint density at radius 2 is 1.40 bits per heavy atom. The van der Waals surface area contributed by atoms with E-state index < -0.39 is 23.0 Å². The monoisotopic (exact) mass is 758 g/mol. The van der Waals surface area contributed by atoms with E-state index in [2.05, 4.69) is 51.8 Å². The maximum atomic E-state index is 15.6. The summed E-state index contributed by atoms with van der Waals surface area (Å²) in [5.74, 6) is -1.83. The molecule has 0 saturated heterocycles. The first-order valence-corrected chi connectivity index (χ1v) is 18.1. The average Bonchev–Trinajstić information content (AvgIpc) is 3.13. The molecule has 0 aliphatic carbocycles. The number of benzene rings is 4. The number of ether oxygens (including phenoxy) is 1. The summed E-state index contributed by atoms with van der Waals surface area (Å²) in [5.41, 5.74) is 1.88. The molecule has 0 spiro atoms. The van der Waals surface area contributed by atoms with Crippen LogP contribution in [0.4, 0.5) is 20.3 Å². The van der Waals surface area contributed by atoms with Gasteiger partial charge in [-0.25, -0.2) is 18.8 Å². The van der Waals surface area contributed by atoms with Crippen LogP contribution >= 0.6 is 11.6 Å². The van der Waals surface area contributed by atoms with Crippen molar-refractivity contribution in [2.24, 2.45) is 15.8 Å². The van der Waals surface area contributed by atoms with Crippen LogP contribution in [0.5, 0.6) is 11.5 Å². The standard InChI is InChI=1S/C45H41ClF2N4O3/c1-44(2,3)43(45(4,5)6)52-26-33(28-17-19-31(47)20-18-28)40(53)34(27-52)42(54)50-32-21-22-36(35(48)25-32)55-37-23-24-49-41(38(37)46)51-39(29-13-9-7-10-14-29)30-15-11-8-12-16-30/h7-27,43H,1-6H3,(H,50,54). The normalized spacial score (nSPS) is 11.7. The molecule has 10 heteroatoms. The van der Waals surface area contributed by atoms with Gasteiger partial charge in [-0.1, -0.05) is 126 Å². The Morgan fingerprint density at radius 3 is 1.96 bits per heavy atom. The van der Waals surface area contributed by atoms with Gasteiger partial charge in [-0.2, -0.15) is 0 Å². The first-order valence-electron chi connectivity index (χ1n) is 17.7. The number of nitrogens with zero attached hydrogens (tertiary/aromatic N) is 3. The highest BCUT2D eigenvalue weighted by molar-refractivity contribution is 6.34. The van der Waals surface area contributed by atoms with Gasteiger partial charge < -0.3 is 14.6 Å². The summed E-state index contributed by atoms with van der Waals surface area (Å²) >= 11 is 6.74. The molecule has 7 nitrogen and oxygen atoms in total. The number of carbonyl (C=O) groups is 1. The Balaban J connectivity index is 1.30. The fourth-order valence-electron chi connectivity index (χ4n) is 7.08. The highest BCUT2D eigenvalue weighted by Crippen LogP contribution is 2.44. The molecule has 6 rings (SSSR count). The predicted octanol–water partition coefficient (Wildman–Crippen LogP) is 11.7. The summed E-state index contributed by atoms with van der Waals surface area (Å²) in [6, 6.07) is 30.0. The lowest BCUT2D eigenvalue weighted by Gasteiger charge is -2.42. The van der Waals surface area contributed by atoms with Crippen molar-refractivity contribution >= 4 is 34.7 Å². The molecule has 55 heavy (non-hydrogen) atoms. The summed E-state index contributed by atoms with van der Waals surface area (Å²) < 4.78 is 37.3. The zero-order valence-electron chi connectivity index (χ0n) is 31.4. The van der Waals surface area contributed by atoms with Gasteiger partial charge in [0.25, 0.3) is 5.91 Å². The molecule has 6 aromatic rings. The maximum absolute atomic E-state index is 15.6. The van der Waals surface area contributed by atoms with Crippen molar-refractivity contribution in [1.29, 1.82) is 0 Å². The van der Waals surface area contributed by atoms with E-state index >= 15 is 4.39 Å². The molecule has 0 aliphatic heterocycles. The number of rotatable bonds is 9. The second-order valence-corrected chi connectivity index (χ2v) is 15.7. The molecule has 0 fully saturated rings. The van der Waals surface area contributed by atoms with Gasteiger partial charge in [0.15, 0.2) is 23.1 Å². The Morgan fingerprint density at radius 1 is 0.800 bits per heavy atom. The second-order valence-electron chi connectivity index (χ2n) is 15.3. The lowest BCUT2D eigenvalue weighted by molar-refractivity contribution is 0.100. The Labute approximate surface area is 324 Å². The molecule has 4 aromatic carbocycles. The van der Waals surface area contributed by atoms with Crippen molar-refractivity contribution in [3.05, 3.63) is 171 Å². The number of amides is 1. The first kappa shape index (κ1) is 38.8. The van der Waals surface area contributed by atoms with Crippen LogP contribution in [0.2, 0.25) is 5.02 Å². The number of hydrogen-bond acceptors (Lipinski definition) is 5. The van der Waals surface area contributed by atoms with Gasteiger partial charge in [0, 0.05) is 59.1 Å². The Bertz CT molecular complexity index is 2360. The van der Waals surface area contributed by atoms with E-state index in [4.69, 9.17) is 21.3 Å². The number of aliphatic imine (C=N–C) groups is 1. The molecule has 0 radical (unpaired) electrons. The highest BCUT2D eigenvalue weighted by Gasteiger charge is 2.37. The lowest BCUT2D eigenvalue weighted by Crippen LogP contribution is -2.36. The van der Waals surface area contributed by atoms with E-state index in [1.54, 1.807) is 6.20 Å². The summed E-state index contributed by atoms with van der Waals surface area (Å²) in [6.45, 7) is 12.5. The van der Waals surface area contributed by atoms with Crippen LogP contribution in [0.1, 0.15) is 69.1 Å². The van der Waals surface area contributed by atoms with E-state index in [-0.39, 0.29) is 56.0 Å². The Hall–Kier alpha value is -5.93. The molecule has 0 saturated carbocycles. The van der Waals surface area contributed by atoms with Crippen LogP contribution in [0.3, 0.4) is 0 Å². The van der Waals surface area contributed by atoms with Gasteiger partial charge in [-0.05, 0) is 40.7 Å². The van der Waals surface area contributed by atoms with E-state index in [1.807, 2.05) is 65.2 Å². The molecular formula is C45H41ClF2N4O3. The topological polar surface area (TPSA) is 85.6 Å². The minimum absolute atomic E-state index is 0.0739. The Kier molecular flexibility index (Phi) is 11.2. The van der Waals surface area contributed by atoms with E-state index in [0.29, 0.717) is 11.3 Å². The highest BCUT2D eigenvalue weighted by atomic mass is 35.5. The number of carbonyl (C=O) groups excluding carboxylic acids is 1. The smallest absolute Gasteiger partial charge is 0.261 e. The van der Waals surface area contributed by atoms with Gasteiger partial charge in [0.1, 0.15) is 16.4 Å². The number of halogens is 3. The van der Waals surface area contributed by atoms with Crippen LogP contribution in [-0.2, 0) is 0 Å². The van der Waals surface area contributed by atoms with Crippen molar-refractivity contribution in [1.82, 2.24) is 9.55 Å². The summed E-state index contributed by atoms with van der Waals surface area (Å²) in [5, 5.41) is 2.75. The van der Waals surface area contributed by atoms with Gasteiger partial charge in [-0.15, -0.1) is 0 Å². The zero-order valence-corrected chi connectivity index (χ0v) is 32.2. The van der Waals surface area contributed by atoms with Crippen LogP contribution in [0.25, 0.3) is 11.1 Å². The summed E-state index contributed by atoms with van der Waals surface area (Å²) in [4.78, 5) is 36.9. The van der Waals surface area contributed by atoms with Crippen LogP contribution in [-0.4, -0.2) is 21.2 Å². The zero-order chi connectivity index (χ0) is 39.5. The van der Waals surface area contributed by atoms with Gasteiger partial charge in [0.2, 0.25) is 5.43 Å². The van der Waals surface area contributed by atoms with Crippen LogP contribution in [0.15, 0.2) is 138 Å². The fourth-order valence-corrected chi connectivity index (χ4v) is 7.27. The third kappa shape index (κ3) is 8.90. The third-order valence-electron chi connectivity index (χ3n) is 8.94. The SMILES string of the molecule is CC(C)(C)C(n1cc(C(=O)Nc2ccc(Oc3ccnc(N=C(c4ccccc4)c4ccccc4)c3Cl)c(F)c2)c(=O)c(-c2ccc(F)cc2)c1)C(C)(C)C. The molecular weight excluding hydrogens is 718 g/mol. The number of hydrogen-bond donors (Lipinski definition) is 1. The third-order valence-corrected chi connectivity index (χ3v) is 9.30. The number of nitrogens with one attached hydrogen (secondary N) is 1. The lowest BCUT2D eigenvalue weighted by atomic mass is 9.71. The maximum Gasteiger partial charge on any atom is 0.261 e. The molecule has 280 valence electrons. The number of pyridine rings is 2. The molecule has 0 aliphatic rings. The second kappa shape index (κ2) is 15.8. The molecule has 0 bridgehead atoms. The van der Waals surface area contributed by atoms with Crippen LogP contribution in [0, 0.1) is 22.5 Å². The van der Waals surface area contributed by atoms with E-state index in [0.717, 1.165) is 17.2 Å². The number of anilines is 1. The number of aromatic nitrogens is 2. The van der Waals surface area contributed by atoms with Crippen molar-refractivity contribution < 1.29 is 18.3 Å². The van der Waals surface area contributed by atoms with Crippen molar-refractivity contribution in [3.63, 3.8) is 0 Å². The first-order chi connectivity index (χ1) is 26.1. The van der Waals surface area contributed by atoms with Gasteiger partial charge in [0.05, 0.1) is 5.71 Å². The van der Waals surface area contributed by atoms with Gasteiger partial charge in [-0.3, -0.25) is 9.59 Å². The van der Waals surface area contributed by atoms with Crippen LogP contribution < -0.4 is 15.5 Å². The molecule has 1 amide bonds. The molecule has 2 aromatic heterocycles. The largest absolute Gasteiger partial charge is 0.453 e. The summed E-state index contributed by atoms with van der Waals surface area (Å²) in [7, 11) is 0. The summed E-state index contributed by atoms with van der Waals surface area (Å²) in [6.07, 6.45) is 4.72. The molecule has 0 unspecified atom stereocenters. The minimum Gasteiger partial charge on any atom is -0.453 e. The van der Waals surface area contributed by atoms with E-state index in [9.17, 15) is 14.0 Å². The minimum atomic E-state index is -0.789. The molecule has 2 heterocycles. The van der Waals surface area contributed by atoms with Crippen molar-refractivity contribution in [2.75, 3.05) is 5.32 Å². The fraction of sp³-hybridized carbons (Fsp3) is 0.200. The average molecular weight is 759 g/mol. The van der Waals surface area contributed by atoms with Crippen molar-refractivity contribution in [3.8, 4) is 22.6 Å². The molecule has 1 N–H and O–H groups in total. The van der Waals surface area contributed by atoms with Crippen molar-refractivity contribution in [2.45, 2.75) is 47.6 Å². The van der Waals surface area contributed by atoms with Gasteiger partial charge >= 0.3 is 0 Å².